The molecule has 0 spiro atoms. The largest absolute Gasteiger partial charge is 0.324 e. The maximum absolute atomic E-state index is 12.6. The van der Waals surface area contributed by atoms with Crippen LogP contribution in [-0.2, 0) is 4.79 Å². The Morgan fingerprint density at radius 2 is 2.00 bits per heavy atom. The average Bonchev–Trinajstić information content (AvgIpc) is 3.03. The minimum atomic E-state index is -0.112. The number of aromatic nitrogens is 2. The molecule has 1 heterocycles. The molecule has 0 aliphatic heterocycles. The number of carbonyl (C=O) groups is 1. The van der Waals surface area contributed by atoms with Gasteiger partial charge in [-0.1, -0.05) is 41.7 Å². The van der Waals surface area contributed by atoms with Gasteiger partial charge in [-0.25, -0.2) is 0 Å². The molecule has 5 nitrogen and oxygen atoms in total. The molecule has 0 aliphatic carbocycles. The molecule has 1 aromatic heterocycles. The fourth-order valence-corrected chi connectivity index (χ4v) is 3.32. The summed E-state index contributed by atoms with van der Waals surface area (Å²) in [5.74, 6) is -0.112. The zero-order valence-corrected chi connectivity index (χ0v) is 15.6. The highest BCUT2D eigenvalue weighted by molar-refractivity contribution is 7.73. The number of benzene rings is 2. The Bertz CT molecular complexity index is 934. The molecule has 25 heavy (non-hydrogen) atoms. The molecule has 0 saturated heterocycles. The highest BCUT2D eigenvalue weighted by atomic mass is 32.1. The minimum absolute atomic E-state index is 0.112. The SMILES string of the molecule is Cc1ccc(C)c(NC(=O)CN(c2ccccc2)c2n[nH]c(=S)s2)c1. The van der Waals surface area contributed by atoms with Crippen LogP contribution in [0.2, 0.25) is 0 Å². The number of carbonyl (C=O) groups excluding carboxylic acids is 1. The number of anilines is 3. The van der Waals surface area contributed by atoms with Crippen molar-refractivity contribution >= 4 is 46.0 Å². The zero-order valence-electron chi connectivity index (χ0n) is 13.9. The third kappa shape index (κ3) is 4.32. The lowest BCUT2D eigenvalue weighted by Gasteiger charge is -2.21. The van der Waals surface area contributed by atoms with E-state index in [9.17, 15) is 4.79 Å². The molecule has 3 rings (SSSR count). The zero-order chi connectivity index (χ0) is 17.8. The number of aryl methyl sites for hydroxylation is 2. The standard InChI is InChI=1S/C18H18N4OS2/c1-12-8-9-13(2)15(10-12)19-16(23)11-22(14-6-4-3-5-7-14)17-20-21-18(24)25-17/h3-10H,11H2,1-2H3,(H,19,23)(H,21,24). The van der Waals surface area contributed by atoms with Crippen molar-refractivity contribution in [3.05, 3.63) is 63.6 Å². The van der Waals surface area contributed by atoms with Crippen molar-refractivity contribution in [1.29, 1.82) is 0 Å². The number of para-hydroxylation sites is 1. The molecule has 0 saturated carbocycles. The van der Waals surface area contributed by atoms with Crippen LogP contribution in [0.1, 0.15) is 11.1 Å². The van der Waals surface area contributed by atoms with E-state index < -0.39 is 0 Å². The summed E-state index contributed by atoms with van der Waals surface area (Å²) in [5.41, 5.74) is 3.84. The van der Waals surface area contributed by atoms with E-state index in [4.69, 9.17) is 12.2 Å². The number of hydrogen-bond donors (Lipinski definition) is 2. The van der Waals surface area contributed by atoms with Crippen molar-refractivity contribution in [3.8, 4) is 0 Å². The van der Waals surface area contributed by atoms with Crippen molar-refractivity contribution in [3.63, 3.8) is 0 Å². The Morgan fingerprint density at radius 1 is 1.24 bits per heavy atom. The van der Waals surface area contributed by atoms with Gasteiger partial charge in [-0.2, -0.15) is 0 Å². The van der Waals surface area contributed by atoms with Crippen LogP contribution < -0.4 is 10.2 Å². The first kappa shape index (κ1) is 17.3. The molecule has 0 radical (unpaired) electrons. The molecule has 128 valence electrons. The van der Waals surface area contributed by atoms with Crippen LogP contribution in [-0.4, -0.2) is 22.6 Å². The number of nitrogens with one attached hydrogen (secondary N) is 2. The second-order valence-corrected chi connectivity index (χ2v) is 7.33. The van der Waals surface area contributed by atoms with Crippen molar-refractivity contribution in [1.82, 2.24) is 10.2 Å². The van der Waals surface area contributed by atoms with Gasteiger partial charge in [-0.15, -0.1) is 5.10 Å². The predicted molar refractivity (Wildman–Crippen MR) is 105 cm³/mol. The first-order chi connectivity index (χ1) is 12.0. The number of rotatable bonds is 5. The smallest absolute Gasteiger partial charge is 0.244 e. The van der Waals surface area contributed by atoms with Gasteiger partial charge in [0.05, 0.1) is 0 Å². The fourth-order valence-electron chi connectivity index (χ4n) is 2.42. The van der Waals surface area contributed by atoms with E-state index >= 15 is 0 Å². The lowest BCUT2D eigenvalue weighted by Crippen LogP contribution is -2.30. The van der Waals surface area contributed by atoms with Crippen molar-refractivity contribution in [2.75, 3.05) is 16.8 Å². The molecule has 7 heteroatoms. The summed E-state index contributed by atoms with van der Waals surface area (Å²) < 4.78 is 0.575. The summed E-state index contributed by atoms with van der Waals surface area (Å²) in [5, 5.41) is 10.6. The summed E-state index contributed by atoms with van der Waals surface area (Å²) in [4.78, 5) is 14.5. The molecule has 0 unspecified atom stereocenters. The van der Waals surface area contributed by atoms with Gasteiger partial charge in [-0.3, -0.25) is 9.89 Å². The van der Waals surface area contributed by atoms with Crippen LogP contribution in [0.5, 0.6) is 0 Å². The number of H-pyrrole nitrogens is 1. The molecule has 3 aromatic rings. The summed E-state index contributed by atoms with van der Waals surface area (Å²) in [6.07, 6.45) is 0. The predicted octanol–water partition coefficient (Wildman–Crippen LogP) is 4.59. The first-order valence-electron chi connectivity index (χ1n) is 7.78. The Kier molecular flexibility index (Phi) is 5.25. The molecule has 0 bridgehead atoms. The van der Waals surface area contributed by atoms with Gasteiger partial charge in [0.2, 0.25) is 11.0 Å². The summed E-state index contributed by atoms with van der Waals surface area (Å²) in [6, 6.07) is 15.7. The quantitative estimate of drug-likeness (QED) is 0.645. The van der Waals surface area contributed by atoms with Gasteiger partial charge in [0.1, 0.15) is 6.54 Å². The number of aromatic amines is 1. The Labute approximate surface area is 155 Å². The second kappa shape index (κ2) is 7.58. The van der Waals surface area contributed by atoms with Crippen LogP contribution >= 0.6 is 23.6 Å². The molecule has 1 amide bonds. The van der Waals surface area contributed by atoms with Crippen molar-refractivity contribution in [2.24, 2.45) is 0 Å². The number of nitrogens with zero attached hydrogens (tertiary/aromatic N) is 2. The van der Waals surface area contributed by atoms with Gasteiger partial charge in [0, 0.05) is 11.4 Å². The molecule has 0 aliphatic rings. The topological polar surface area (TPSA) is 61.0 Å². The summed E-state index contributed by atoms with van der Waals surface area (Å²) >= 11 is 6.46. The Hall–Kier alpha value is -2.51. The van der Waals surface area contributed by atoms with Crippen LogP contribution in [0, 0.1) is 17.8 Å². The molecular formula is C18H18N4OS2. The Balaban J connectivity index is 1.84. The summed E-state index contributed by atoms with van der Waals surface area (Å²) in [7, 11) is 0. The van der Waals surface area contributed by atoms with Gasteiger partial charge in [-0.05, 0) is 55.4 Å². The van der Waals surface area contributed by atoms with Gasteiger partial charge in [0.25, 0.3) is 0 Å². The van der Waals surface area contributed by atoms with Crippen LogP contribution in [0.3, 0.4) is 0 Å². The first-order valence-corrected chi connectivity index (χ1v) is 9.00. The summed E-state index contributed by atoms with van der Waals surface area (Å²) in [6.45, 7) is 4.12. The third-order valence-corrected chi connectivity index (χ3v) is 4.81. The molecular weight excluding hydrogens is 352 g/mol. The van der Waals surface area contributed by atoms with E-state index in [1.54, 1.807) is 0 Å². The van der Waals surface area contributed by atoms with Gasteiger partial charge >= 0.3 is 0 Å². The van der Waals surface area contributed by atoms with E-state index in [2.05, 4.69) is 15.5 Å². The lowest BCUT2D eigenvalue weighted by atomic mass is 10.1. The lowest BCUT2D eigenvalue weighted by molar-refractivity contribution is -0.114. The minimum Gasteiger partial charge on any atom is -0.324 e. The number of hydrogen-bond acceptors (Lipinski definition) is 5. The highest BCUT2D eigenvalue weighted by Gasteiger charge is 2.17. The van der Waals surface area contributed by atoms with Gasteiger partial charge < -0.3 is 10.2 Å². The van der Waals surface area contributed by atoms with Crippen molar-refractivity contribution in [2.45, 2.75) is 13.8 Å². The maximum atomic E-state index is 12.6. The maximum Gasteiger partial charge on any atom is 0.244 e. The van der Waals surface area contributed by atoms with E-state index in [1.165, 1.54) is 11.3 Å². The van der Waals surface area contributed by atoms with Gasteiger partial charge in [0.15, 0.2) is 3.95 Å². The third-order valence-electron chi connectivity index (χ3n) is 3.69. The van der Waals surface area contributed by atoms with Crippen LogP contribution in [0.25, 0.3) is 0 Å². The molecule has 2 N–H and O–H groups in total. The second-order valence-electron chi connectivity index (χ2n) is 5.68. The van der Waals surface area contributed by atoms with E-state index in [0.717, 1.165) is 22.5 Å². The molecule has 0 atom stereocenters. The van der Waals surface area contributed by atoms with Crippen LogP contribution in [0.4, 0.5) is 16.5 Å². The average molecular weight is 371 g/mol. The monoisotopic (exact) mass is 370 g/mol. The Morgan fingerprint density at radius 3 is 2.68 bits per heavy atom. The molecule has 0 fully saturated rings. The highest BCUT2D eigenvalue weighted by Crippen LogP contribution is 2.27. The normalized spacial score (nSPS) is 10.5. The molecule has 2 aromatic carbocycles. The van der Waals surface area contributed by atoms with E-state index in [1.807, 2.05) is 67.3 Å². The fraction of sp³-hybridized carbons (Fsp3) is 0.167. The van der Waals surface area contributed by atoms with Crippen molar-refractivity contribution < 1.29 is 4.79 Å². The van der Waals surface area contributed by atoms with E-state index in [0.29, 0.717) is 9.09 Å². The number of amides is 1. The van der Waals surface area contributed by atoms with Crippen LogP contribution in [0.15, 0.2) is 48.5 Å². The van der Waals surface area contributed by atoms with E-state index in [-0.39, 0.29) is 12.5 Å².